The van der Waals surface area contributed by atoms with Gasteiger partial charge in [0.2, 0.25) is 15.9 Å². The second-order valence-electron chi connectivity index (χ2n) is 7.11. The topological polar surface area (TPSA) is 75.7 Å². The van der Waals surface area contributed by atoms with Crippen molar-refractivity contribution in [2.24, 2.45) is 5.41 Å². The van der Waals surface area contributed by atoms with Gasteiger partial charge in [-0.15, -0.1) is 0 Å². The predicted octanol–water partition coefficient (Wildman–Crippen LogP) is 1.90. The molecule has 1 N–H and O–H groups in total. The number of nitrogens with zero attached hydrogens (tertiary/aromatic N) is 1. The molecule has 1 saturated heterocycles. The standard InChI is InChI=1S/C18H26N2O4S/c1-18(8-2-3-9-18)17(21)19-14-15-4-6-16(7-5-15)25(22,23)20-10-12-24-13-11-20/h4-7H,2-3,8-14H2,1H3,(H,19,21). The Hall–Kier alpha value is -1.44. The van der Waals surface area contributed by atoms with Gasteiger partial charge in [0.05, 0.1) is 18.1 Å². The number of nitrogens with one attached hydrogen (secondary N) is 1. The van der Waals surface area contributed by atoms with Gasteiger partial charge < -0.3 is 10.1 Å². The van der Waals surface area contributed by atoms with Crippen LogP contribution in [-0.4, -0.2) is 44.9 Å². The van der Waals surface area contributed by atoms with Crippen molar-refractivity contribution in [2.45, 2.75) is 44.0 Å². The Balaban J connectivity index is 1.61. The minimum Gasteiger partial charge on any atom is -0.379 e. The van der Waals surface area contributed by atoms with Crippen LogP contribution >= 0.6 is 0 Å². The number of hydrogen-bond donors (Lipinski definition) is 1. The van der Waals surface area contributed by atoms with Gasteiger partial charge in [-0.05, 0) is 30.5 Å². The number of benzene rings is 1. The van der Waals surface area contributed by atoms with Crippen molar-refractivity contribution in [2.75, 3.05) is 26.3 Å². The minimum atomic E-state index is -3.47. The molecule has 0 radical (unpaired) electrons. The highest BCUT2D eigenvalue weighted by Crippen LogP contribution is 2.37. The van der Waals surface area contributed by atoms with E-state index in [2.05, 4.69) is 5.32 Å². The van der Waals surface area contributed by atoms with Crippen LogP contribution in [0.15, 0.2) is 29.2 Å². The molecule has 0 spiro atoms. The maximum atomic E-state index is 12.6. The summed E-state index contributed by atoms with van der Waals surface area (Å²) in [4.78, 5) is 12.6. The van der Waals surface area contributed by atoms with E-state index in [1.807, 2.05) is 6.92 Å². The van der Waals surface area contributed by atoms with Crippen LogP contribution in [0.3, 0.4) is 0 Å². The molecule has 0 unspecified atom stereocenters. The Bertz CT molecular complexity index is 703. The number of amides is 1. The number of sulfonamides is 1. The van der Waals surface area contributed by atoms with Gasteiger partial charge in [0.1, 0.15) is 0 Å². The third-order valence-corrected chi connectivity index (χ3v) is 7.15. The van der Waals surface area contributed by atoms with Crippen molar-refractivity contribution in [1.29, 1.82) is 0 Å². The lowest BCUT2D eigenvalue weighted by Gasteiger charge is -2.26. The van der Waals surface area contributed by atoms with E-state index in [-0.39, 0.29) is 16.2 Å². The Morgan fingerprint density at radius 1 is 1.16 bits per heavy atom. The van der Waals surface area contributed by atoms with Crippen LogP contribution in [0.25, 0.3) is 0 Å². The van der Waals surface area contributed by atoms with Crippen molar-refractivity contribution in [1.82, 2.24) is 9.62 Å². The largest absolute Gasteiger partial charge is 0.379 e. The van der Waals surface area contributed by atoms with E-state index in [0.29, 0.717) is 32.8 Å². The number of hydrogen-bond acceptors (Lipinski definition) is 4. The van der Waals surface area contributed by atoms with Gasteiger partial charge in [0.15, 0.2) is 0 Å². The van der Waals surface area contributed by atoms with Gasteiger partial charge in [-0.1, -0.05) is 31.9 Å². The van der Waals surface area contributed by atoms with Gasteiger partial charge >= 0.3 is 0 Å². The average Bonchev–Trinajstić information content (AvgIpc) is 3.09. The summed E-state index contributed by atoms with van der Waals surface area (Å²) in [5.41, 5.74) is 0.649. The van der Waals surface area contributed by atoms with Crippen LogP contribution in [-0.2, 0) is 26.1 Å². The van der Waals surface area contributed by atoms with Crippen LogP contribution in [0.4, 0.5) is 0 Å². The molecule has 6 nitrogen and oxygen atoms in total. The molecule has 0 aromatic heterocycles. The molecule has 25 heavy (non-hydrogen) atoms. The van der Waals surface area contributed by atoms with Crippen LogP contribution in [0.1, 0.15) is 38.2 Å². The molecular formula is C18H26N2O4S. The molecule has 1 aromatic carbocycles. The minimum absolute atomic E-state index is 0.0926. The van der Waals surface area contributed by atoms with Crippen LogP contribution in [0.2, 0.25) is 0 Å². The first-order valence-electron chi connectivity index (χ1n) is 8.87. The van der Waals surface area contributed by atoms with Crippen molar-refractivity contribution in [3.63, 3.8) is 0 Å². The number of carbonyl (C=O) groups is 1. The van der Waals surface area contributed by atoms with Crippen molar-refractivity contribution >= 4 is 15.9 Å². The van der Waals surface area contributed by atoms with Crippen molar-refractivity contribution < 1.29 is 17.9 Å². The summed E-state index contributed by atoms with van der Waals surface area (Å²) >= 11 is 0. The Morgan fingerprint density at radius 3 is 2.36 bits per heavy atom. The van der Waals surface area contributed by atoms with Crippen molar-refractivity contribution in [3.8, 4) is 0 Å². The molecule has 2 fully saturated rings. The van der Waals surface area contributed by atoms with Gasteiger partial charge in [0, 0.05) is 25.0 Å². The second-order valence-corrected chi connectivity index (χ2v) is 9.05. The van der Waals surface area contributed by atoms with Gasteiger partial charge in [-0.2, -0.15) is 4.31 Å². The number of morpholine rings is 1. The monoisotopic (exact) mass is 366 g/mol. The smallest absolute Gasteiger partial charge is 0.243 e. The highest BCUT2D eigenvalue weighted by atomic mass is 32.2. The number of rotatable bonds is 5. The van der Waals surface area contributed by atoms with Gasteiger partial charge in [0.25, 0.3) is 0 Å². The van der Waals surface area contributed by atoms with E-state index in [9.17, 15) is 13.2 Å². The third kappa shape index (κ3) is 4.04. The predicted molar refractivity (Wildman–Crippen MR) is 94.4 cm³/mol. The molecule has 7 heteroatoms. The summed E-state index contributed by atoms with van der Waals surface area (Å²) < 4.78 is 31.8. The molecule has 1 aliphatic carbocycles. The Morgan fingerprint density at radius 2 is 1.76 bits per heavy atom. The van der Waals surface area contributed by atoms with E-state index in [0.717, 1.165) is 31.2 Å². The average molecular weight is 366 g/mol. The summed E-state index contributed by atoms with van der Waals surface area (Å²) in [5, 5.41) is 2.99. The molecular weight excluding hydrogens is 340 g/mol. The first kappa shape index (κ1) is 18.4. The lowest BCUT2D eigenvalue weighted by molar-refractivity contribution is -0.130. The van der Waals surface area contributed by atoms with E-state index < -0.39 is 10.0 Å². The van der Waals surface area contributed by atoms with Crippen LogP contribution < -0.4 is 5.32 Å². The van der Waals surface area contributed by atoms with Gasteiger partial charge in [-0.25, -0.2) is 8.42 Å². The maximum Gasteiger partial charge on any atom is 0.243 e. The molecule has 1 aromatic rings. The normalized spacial score (nSPS) is 21.2. The Labute approximate surface area is 149 Å². The lowest BCUT2D eigenvalue weighted by atomic mass is 9.88. The van der Waals surface area contributed by atoms with Crippen LogP contribution in [0.5, 0.6) is 0 Å². The fraction of sp³-hybridized carbons (Fsp3) is 0.611. The fourth-order valence-corrected chi connectivity index (χ4v) is 4.90. The molecule has 0 atom stereocenters. The molecule has 1 amide bonds. The zero-order valence-electron chi connectivity index (χ0n) is 14.7. The molecule has 3 rings (SSSR count). The molecule has 2 aliphatic rings. The summed E-state index contributed by atoms with van der Waals surface area (Å²) in [5.74, 6) is 0.0926. The molecule has 0 bridgehead atoms. The first-order valence-corrected chi connectivity index (χ1v) is 10.3. The van der Waals surface area contributed by atoms with E-state index in [1.165, 1.54) is 4.31 Å². The highest BCUT2D eigenvalue weighted by Gasteiger charge is 2.35. The third-order valence-electron chi connectivity index (χ3n) is 5.24. The summed E-state index contributed by atoms with van der Waals surface area (Å²) in [6.07, 6.45) is 4.10. The number of ether oxygens (including phenoxy) is 1. The van der Waals surface area contributed by atoms with E-state index in [4.69, 9.17) is 4.74 Å². The number of carbonyl (C=O) groups excluding carboxylic acids is 1. The maximum absolute atomic E-state index is 12.6. The summed E-state index contributed by atoms with van der Waals surface area (Å²) in [7, 11) is -3.47. The summed E-state index contributed by atoms with van der Waals surface area (Å²) in [6.45, 7) is 4.08. The van der Waals surface area contributed by atoms with Crippen molar-refractivity contribution in [3.05, 3.63) is 29.8 Å². The highest BCUT2D eigenvalue weighted by molar-refractivity contribution is 7.89. The lowest BCUT2D eigenvalue weighted by Crippen LogP contribution is -2.40. The molecule has 1 heterocycles. The quantitative estimate of drug-likeness (QED) is 0.864. The fourth-order valence-electron chi connectivity index (χ4n) is 3.49. The second kappa shape index (κ2) is 7.43. The zero-order chi connectivity index (χ0) is 17.9. The zero-order valence-corrected chi connectivity index (χ0v) is 15.5. The Kier molecular flexibility index (Phi) is 5.46. The molecule has 138 valence electrons. The molecule has 1 saturated carbocycles. The van der Waals surface area contributed by atoms with Crippen LogP contribution in [0, 0.1) is 5.41 Å². The van der Waals surface area contributed by atoms with Gasteiger partial charge in [-0.3, -0.25) is 4.79 Å². The SMILES string of the molecule is CC1(C(=O)NCc2ccc(S(=O)(=O)N3CCOCC3)cc2)CCCC1. The van der Waals surface area contributed by atoms with E-state index >= 15 is 0 Å². The molecule has 1 aliphatic heterocycles. The summed E-state index contributed by atoms with van der Waals surface area (Å²) in [6, 6.07) is 6.77. The first-order chi connectivity index (χ1) is 11.9. The van der Waals surface area contributed by atoms with E-state index in [1.54, 1.807) is 24.3 Å².